The quantitative estimate of drug-likeness (QED) is 0.657. The van der Waals surface area contributed by atoms with Gasteiger partial charge in [-0.05, 0) is 30.2 Å². The van der Waals surface area contributed by atoms with Crippen LogP contribution in [-0.4, -0.2) is 34.1 Å². The van der Waals surface area contributed by atoms with Crippen LogP contribution in [0.4, 0.5) is 4.39 Å². The van der Waals surface area contributed by atoms with Gasteiger partial charge >= 0.3 is 11.9 Å². The van der Waals surface area contributed by atoms with Gasteiger partial charge < -0.3 is 15.5 Å². The highest BCUT2D eigenvalue weighted by Crippen LogP contribution is 2.05. The first kappa shape index (κ1) is 16.4. The number of amides is 1. The lowest BCUT2D eigenvalue weighted by molar-refractivity contribution is -0.142. The molecule has 21 heavy (non-hydrogen) atoms. The van der Waals surface area contributed by atoms with Crippen LogP contribution in [-0.2, 0) is 14.4 Å². The van der Waals surface area contributed by atoms with E-state index in [1.807, 2.05) is 0 Å². The summed E-state index contributed by atoms with van der Waals surface area (Å²) in [5.74, 6) is -3.52. The number of hydrogen-bond donors (Lipinski definition) is 3. The van der Waals surface area contributed by atoms with Crippen molar-refractivity contribution < 1.29 is 29.0 Å². The topological polar surface area (TPSA) is 104 Å². The van der Waals surface area contributed by atoms with E-state index in [0.717, 1.165) is 6.08 Å². The van der Waals surface area contributed by atoms with E-state index in [1.54, 1.807) is 0 Å². The molecule has 1 rings (SSSR count). The molecule has 0 saturated heterocycles. The van der Waals surface area contributed by atoms with Gasteiger partial charge in [0.25, 0.3) is 0 Å². The summed E-state index contributed by atoms with van der Waals surface area (Å²) in [5, 5.41) is 19.6. The Morgan fingerprint density at radius 2 is 1.81 bits per heavy atom. The Hall–Kier alpha value is -2.70. The highest BCUT2D eigenvalue weighted by Gasteiger charge is 2.19. The third-order valence-corrected chi connectivity index (χ3v) is 2.56. The van der Waals surface area contributed by atoms with Crippen LogP contribution in [0.15, 0.2) is 30.3 Å². The number of carboxylic acids is 2. The predicted molar refractivity (Wildman–Crippen MR) is 71.9 cm³/mol. The molecule has 1 aromatic rings. The van der Waals surface area contributed by atoms with Crippen LogP contribution in [0.25, 0.3) is 6.08 Å². The Labute approximate surface area is 119 Å². The van der Waals surface area contributed by atoms with Gasteiger partial charge in [0.15, 0.2) is 0 Å². The number of halogens is 1. The van der Waals surface area contributed by atoms with Crippen LogP contribution in [0, 0.1) is 5.82 Å². The predicted octanol–water partition coefficient (Wildman–Crippen LogP) is 1.27. The number of nitrogens with one attached hydrogen (secondary N) is 1. The number of benzene rings is 1. The lowest BCUT2D eigenvalue weighted by atomic mass is 10.1. The minimum atomic E-state index is -1.31. The molecule has 1 amide bonds. The van der Waals surface area contributed by atoms with E-state index in [2.05, 4.69) is 5.32 Å². The van der Waals surface area contributed by atoms with Crippen molar-refractivity contribution in [2.45, 2.75) is 18.9 Å². The second kappa shape index (κ2) is 7.78. The van der Waals surface area contributed by atoms with Gasteiger partial charge in [-0.2, -0.15) is 0 Å². The van der Waals surface area contributed by atoms with Gasteiger partial charge in [0.1, 0.15) is 11.9 Å². The maximum absolute atomic E-state index is 12.7. The Morgan fingerprint density at radius 3 is 2.33 bits per heavy atom. The molecule has 0 fully saturated rings. The van der Waals surface area contributed by atoms with E-state index in [-0.39, 0.29) is 12.8 Å². The maximum Gasteiger partial charge on any atom is 0.326 e. The normalized spacial score (nSPS) is 12.0. The van der Waals surface area contributed by atoms with Crippen LogP contribution in [0.1, 0.15) is 18.4 Å². The van der Waals surface area contributed by atoms with Crippen molar-refractivity contribution in [3.8, 4) is 0 Å². The summed E-state index contributed by atoms with van der Waals surface area (Å²) < 4.78 is 12.7. The Kier molecular flexibility index (Phi) is 6.06. The van der Waals surface area contributed by atoms with Crippen LogP contribution in [0.2, 0.25) is 0 Å². The standard InChI is InChI=1S/C14H14FNO5/c15-10-4-1-9(2-5-10)3-7-12(17)16-11(14(20)21)6-8-13(18)19/h1-5,7,11H,6,8H2,(H,16,17)(H,18,19)(H,20,21)/b7-3+/t11-/m0/s1. The molecule has 0 aliphatic rings. The maximum atomic E-state index is 12.7. The molecule has 0 unspecified atom stereocenters. The van der Waals surface area contributed by atoms with Crippen molar-refractivity contribution in [1.29, 1.82) is 0 Å². The fraction of sp³-hybridized carbons (Fsp3) is 0.214. The lowest BCUT2D eigenvalue weighted by Gasteiger charge is -2.11. The zero-order chi connectivity index (χ0) is 15.8. The summed E-state index contributed by atoms with van der Waals surface area (Å²) in [6.07, 6.45) is 1.93. The van der Waals surface area contributed by atoms with E-state index in [9.17, 15) is 18.8 Å². The fourth-order valence-corrected chi connectivity index (χ4v) is 1.49. The smallest absolute Gasteiger partial charge is 0.326 e. The fourth-order valence-electron chi connectivity index (χ4n) is 1.49. The van der Waals surface area contributed by atoms with Gasteiger partial charge in [0.05, 0.1) is 0 Å². The van der Waals surface area contributed by atoms with Crippen LogP contribution < -0.4 is 5.32 Å². The molecule has 0 bridgehead atoms. The van der Waals surface area contributed by atoms with Gasteiger partial charge in [-0.15, -0.1) is 0 Å². The van der Waals surface area contributed by atoms with E-state index in [0.29, 0.717) is 5.56 Å². The van der Waals surface area contributed by atoms with Gasteiger partial charge in [0, 0.05) is 12.5 Å². The third kappa shape index (κ3) is 6.33. The van der Waals surface area contributed by atoms with Gasteiger partial charge in [-0.1, -0.05) is 12.1 Å². The lowest BCUT2D eigenvalue weighted by Crippen LogP contribution is -2.40. The molecule has 112 valence electrons. The average molecular weight is 295 g/mol. The molecular formula is C14H14FNO5. The SMILES string of the molecule is O=C(O)CC[C@H](NC(=O)/C=C/c1ccc(F)cc1)C(=O)O. The van der Waals surface area contributed by atoms with Crippen molar-refractivity contribution in [2.75, 3.05) is 0 Å². The highest BCUT2D eigenvalue weighted by atomic mass is 19.1. The summed E-state index contributed by atoms with van der Waals surface area (Å²) in [7, 11) is 0. The summed E-state index contributed by atoms with van der Waals surface area (Å²) in [4.78, 5) is 32.8. The minimum absolute atomic E-state index is 0.208. The minimum Gasteiger partial charge on any atom is -0.481 e. The van der Waals surface area contributed by atoms with Gasteiger partial charge in [0.2, 0.25) is 5.91 Å². The second-order valence-corrected chi connectivity index (χ2v) is 4.22. The number of hydrogen-bond acceptors (Lipinski definition) is 3. The van der Waals surface area contributed by atoms with E-state index < -0.39 is 29.7 Å². The first-order chi connectivity index (χ1) is 9.88. The van der Waals surface area contributed by atoms with Crippen LogP contribution in [0.3, 0.4) is 0 Å². The largest absolute Gasteiger partial charge is 0.481 e. The molecule has 7 heteroatoms. The monoisotopic (exact) mass is 295 g/mol. The van der Waals surface area contributed by atoms with E-state index in [1.165, 1.54) is 30.3 Å². The summed E-state index contributed by atoms with van der Waals surface area (Å²) in [6, 6.07) is 4.09. The molecule has 0 aliphatic carbocycles. The van der Waals surface area contributed by atoms with Crippen molar-refractivity contribution in [3.05, 3.63) is 41.7 Å². The first-order valence-electron chi connectivity index (χ1n) is 6.07. The molecular weight excluding hydrogens is 281 g/mol. The molecule has 6 nitrogen and oxygen atoms in total. The summed E-state index contributed by atoms with van der Waals surface area (Å²) in [5.41, 5.74) is 0.573. The summed E-state index contributed by atoms with van der Waals surface area (Å²) >= 11 is 0. The molecule has 0 spiro atoms. The van der Waals surface area contributed by atoms with Gasteiger partial charge in [-0.3, -0.25) is 9.59 Å². The number of rotatable bonds is 7. The molecule has 0 saturated carbocycles. The molecule has 0 aromatic heterocycles. The number of carbonyl (C=O) groups is 3. The zero-order valence-corrected chi connectivity index (χ0v) is 11.0. The van der Waals surface area contributed by atoms with Crippen molar-refractivity contribution in [3.63, 3.8) is 0 Å². The third-order valence-electron chi connectivity index (χ3n) is 2.56. The molecule has 1 aromatic carbocycles. The summed E-state index contributed by atoms with van der Waals surface area (Å²) in [6.45, 7) is 0. The zero-order valence-electron chi connectivity index (χ0n) is 11.0. The molecule has 1 atom stereocenters. The first-order valence-corrected chi connectivity index (χ1v) is 6.07. The van der Waals surface area contributed by atoms with Crippen molar-refractivity contribution in [1.82, 2.24) is 5.32 Å². The van der Waals surface area contributed by atoms with Gasteiger partial charge in [-0.25, -0.2) is 9.18 Å². The number of aliphatic carboxylic acids is 2. The van der Waals surface area contributed by atoms with Crippen molar-refractivity contribution in [2.24, 2.45) is 0 Å². The Morgan fingerprint density at radius 1 is 1.19 bits per heavy atom. The van der Waals surface area contributed by atoms with E-state index in [4.69, 9.17) is 10.2 Å². The molecule has 0 heterocycles. The van der Waals surface area contributed by atoms with Crippen LogP contribution in [0.5, 0.6) is 0 Å². The second-order valence-electron chi connectivity index (χ2n) is 4.22. The number of carbonyl (C=O) groups excluding carboxylic acids is 1. The molecule has 0 aliphatic heterocycles. The molecule has 3 N–H and O–H groups in total. The highest BCUT2D eigenvalue weighted by molar-refractivity contribution is 5.94. The average Bonchev–Trinajstić information content (AvgIpc) is 2.42. The Bertz CT molecular complexity index is 553. The number of carboxylic acid groups (broad SMARTS) is 2. The van der Waals surface area contributed by atoms with E-state index >= 15 is 0 Å². The van der Waals surface area contributed by atoms with Crippen LogP contribution >= 0.6 is 0 Å². The van der Waals surface area contributed by atoms with Crippen molar-refractivity contribution >= 4 is 23.9 Å². The molecule has 0 radical (unpaired) electrons. The Balaban J connectivity index is 2.59.